The van der Waals surface area contributed by atoms with E-state index in [1.54, 1.807) is 13.0 Å². The molecule has 0 saturated carbocycles. The Morgan fingerprint density at radius 1 is 1.44 bits per heavy atom. The van der Waals surface area contributed by atoms with E-state index in [2.05, 4.69) is 15.6 Å². The molecule has 8 heteroatoms. The second-order valence-electron chi connectivity index (χ2n) is 3.90. The average molecular weight is 274 g/mol. The van der Waals surface area contributed by atoms with E-state index in [-0.39, 0.29) is 11.0 Å². The van der Waals surface area contributed by atoms with E-state index in [9.17, 15) is 8.42 Å². The molecule has 18 heavy (non-hydrogen) atoms. The van der Waals surface area contributed by atoms with Crippen molar-refractivity contribution in [1.29, 1.82) is 0 Å². The summed E-state index contributed by atoms with van der Waals surface area (Å²) < 4.78 is 22.0. The smallest absolute Gasteiger partial charge is 0.239 e. The Morgan fingerprint density at radius 2 is 2.17 bits per heavy atom. The van der Waals surface area contributed by atoms with Crippen molar-refractivity contribution in [3.8, 4) is 0 Å². The van der Waals surface area contributed by atoms with Crippen molar-refractivity contribution < 1.29 is 13.5 Å². The van der Waals surface area contributed by atoms with Gasteiger partial charge >= 0.3 is 0 Å². The maximum Gasteiger partial charge on any atom is 0.239 e. The van der Waals surface area contributed by atoms with Crippen molar-refractivity contribution in [3.63, 3.8) is 0 Å². The Kier molecular flexibility index (Phi) is 5.48. The summed E-state index contributed by atoms with van der Waals surface area (Å²) in [5.74, 6) is 0.571. The van der Waals surface area contributed by atoms with E-state index in [1.807, 2.05) is 0 Å². The molecule has 1 atom stereocenters. The summed E-state index contributed by atoms with van der Waals surface area (Å²) >= 11 is 0. The molecule has 1 heterocycles. The standard InChI is InChI=1S/C10H18N4O3S/c1-8(15)6-12-4-5-13-10-3-2-9(7-14-10)18(11,16)17/h2-3,7-8,12,15H,4-6H2,1H3,(H,13,14)(H2,11,16,17). The lowest BCUT2D eigenvalue weighted by Gasteiger charge is -2.08. The highest BCUT2D eigenvalue weighted by Gasteiger charge is 2.07. The maximum absolute atomic E-state index is 11.0. The van der Waals surface area contributed by atoms with Crippen LogP contribution in [0.5, 0.6) is 0 Å². The van der Waals surface area contributed by atoms with E-state index in [1.165, 1.54) is 12.3 Å². The fraction of sp³-hybridized carbons (Fsp3) is 0.500. The highest BCUT2D eigenvalue weighted by molar-refractivity contribution is 7.89. The number of aliphatic hydroxyl groups excluding tert-OH is 1. The third-order valence-corrected chi connectivity index (χ3v) is 3.01. The van der Waals surface area contributed by atoms with Crippen molar-refractivity contribution in [2.24, 2.45) is 5.14 Å². The molecule has 102 valence electrons. The van der Waals surface area contributed by atoms with Crippen LogP contribution in [0.25, 0.3) is 0 Å². The summed E-state index contributed by atoms with van der Waals surface area (Å²) in [5, 5.41) is 20.0. The van der Waals surface area contributed by atoms with E-state index < -0.39 is 10.0 Å². The predicted molar refractivity (Wildman–Crippen MR) is 68.7 cm³/mol. The average Bonchev–Trinajstić information content (AvgIpc) is 2.27. The number of nitrogens with zero attached hydrogens (tertiary/aromatic N) is 1. The Labute approximate surface area is 106 Å². The van der Waals surface area contributed by atoms with Crippen LogP contribution in [0.2, 0.25) is 0 Å². The number of hydrogen-bond donors (Lipinski definition) is 4. The van der Waals surface area contributed by atoms with Gasteiger partial charge in [0.15, 0.2) is 0 Å². The first-order valence-corrected chi connectivity index (χ1v) is 7.06. The fourth-order valence-electron chi connectivity index (χ4n) is 1.24. The first-order valence-electron chi connectivity index (χ1n) is 5.51. The molecule has 0 aliphatic carbocycles. The van der Waals surface area contributed by atoms with Crippen LogP contribution in [0.3, 0.4) is 0 Å². The van der Waals surface area contributed by atoms with Gasteiger partial charge in [-0.25, -0.2) is 18.5 Å². The SMILES string of the molecule is CC(O)CNCCNc1ccc(S(N)(=O)=O)cn1. The molecule has 1 aromatic rings. The first-order chi connectivity index (χ1) is 8.39. The molecule has 0 radical (unpaired) electrons. The quantitative estimate of drug-likeness (QED) is 0.479. The van der Waals surface area contributed by atoms with Gasteiger partial charge in [0.1, 0.15) is 10.7 Å². The number of nitrogens with one attached hydrogen (secondary N) is 2. The Balaban J connectivity index is 2.36. The van der Waals surface area contributed by atoms with Crippen molar-refractivity contribution in [3.05, 3.63) is 18.3 Å². The Morgan fingerprint density at radius 3 is 2.67 bits per heavy atom. The molecule has 5 N–H and O–H groups in total. The van der Waals surface area contributed by atoms with Crippen molar-refractivity contribution in [2.45, 2.75) is 17.9 Å². The molecule has 0 spiro atoms. The van der Waals surface area contributed by atoms with Crippen LogP contribution in [0.15, 0.2) is 23.2 Å². The zero-order chi connectivity index (χ0) is 13.6. The highest BCUT2D eigenvalue weighted by Crippen LogP contribution is 2.08. The van der Waals surface area contributed by atoms with Crippen LogP contribution < -0.4 is 15.8 Å². The summed E-state index contributed by atoms with van der Waals surface area (Å²) in [7, 11) is -3.69. The number of aliphatic hydroxyl groups is 1. The van der Waals surface area contributed by atoms with Gasteiger partial charge in [-0.1, -0.05) is 0 Å². The molecule has 0 amide bonds. The number of anilines is 1. The van der Waals surface area contributed by atoms with E-state index in [0.717, 1.165) is 0 Å². The lowest BCUT2D eigenvalue weighted by molar-refractivity contribution is 0.192. The molecule has 0 aliphatic heterocycles. The van der Waals surface area contributed by atoms with Crippen LogP contribution in [0.4, 0.5) is 5.82 Å². The van der Waals surface area contributed by atoms with Gasteiger partial charge in [-0.2, -0.15) is 0 Å². The van der Waals surface area contributed by atoms with E-state index in [4.69, 9.17) is 10.2 Å². The van der Waals surface area contributed by atoms with E-state index >= 15 is 0 Å². The maximum atomic E-state index is 11.0. The topological polar surface area (TPSA) is 117 Å². The third-order valence-electron chi connectivity index (χ3n) is 2.11. The summed E-state index contributed by atoms with van der Waals surface area (Å²) in [5.41, 5.74) is 0. The summed E-state index contributed by atoms with van der Waals surface area (Å²) in [6.07, 6.45) is 0.832. The molecule has 1 rings (SSSR count). The minimum Gasteiger partial charge on any atom is -0.392 e. The lowest BCUT2D eigenvalue weighted by atomic mass is 10.4. The zero-order valence-electron chi connectivity index (χ0n) is 10.1. The monoisotopic (exact) mass is 274 g/mol. The third kappa shape index (κ3) is 5.41. The number of hydrogen-bond acceptors (Lipinski definition) is 6. The normalized spacial score (nSPS) is 13.3. The van der Waals surface area contributed by atoms with Gasteiger partial charge in [-0.15, -0.1) is 0 Å². The minimum absolute atomic E-state index is 0.0136. The van der Waals surface area contributed by atoms with Crippen molar-refractivity contribution in [2.75, 3.05) is 25.0 Å². The van der Waals surface area contributed by atoms with Gasteiger partial charge in [0.25, 0.3) is 0 Å². The minimum atomic E-state index is -3.69. The summed E-state index contributed by atoms with van der Waals surface area (Å²) in [4.78, 5) is 3.92. The Bertz CT molecular complexity index is 459. The second-order valence-corrected chi connectivity index (χ2v) is 5.47. The molecule has 1 aromatic heterocycles. The van der Waals surface area contributed by atoms with E-state index in [0.29, 0.717) is 25.5 Å². The molecule has 7 nitrogen and oxygen atoms in total. The molecule has 1 unspecified atom stereocenters. The van der Waals surface area contributed by atoms with Gasteiger partial charge in [-0.05, 0) is 19.1 Å². The van der Waals surface area contributed by atoms with Gasteiger partial charge < -0.3 is 15.7 Å². The Hall–Kier alpha value is -1.22. The number of rotatable bonds is 7. The molecular weight excluding hydrogens is 256 g/mol. The van der Waals surface area contributed by atoms with Gasteiger partial charge in [0.05, 0.1) is 6.10 Å². The van der Waals surface area contributed by atoms with Gasteiger partial charge in [0.2, 0.25) is 10.0 Å². The van der Waals surface area contributed by atoms with Crippen LogP contribution >= 0.6 is 0 Å². The number of aromatic nitrogens is 1. The van der Waals surface area contributed by atoms with Crippen LogP contribution in [-0.2, 0) is 10.0 Å². The molecular formula is C10H18N4O3S. The largest absolute Gasteiger partial charge is 0.392 e. The second kappa shape index (κ2) is 6.64. The molecule has 0 aromatic carbocycles. The highest BCUT2D eigenvalue weighted by atomic mass is 32.2. The van der Waals surface area contributed by atoms with Crippen molar-refractivity contribution in [1.82, 2.24) is 10.3 Å². The lowest BCUT2D eigenvalue weighted by Crippen LogP contribution is -2.29. The summed E-state index contributed by atoms with van der Waals surface area (Å²) in [6, 6.07) is 2.95. The van der Waals surface area contributed by atoms with Crippen LogP contribution in [0.1, 0.15) is 6.92 Å². The number of nitrogens with two attached hydrogens (primary N) is 1. The van der Waals surface area contributed by atoms with Crippen LogP contribution in [-0.4, -0.2) is 44.2 Å². The molecule has 0 bridgehead atoms. The van der Waals surface area contributed by atoms with Gasteiger partial charge in [-0.3, -0.25) is 0 Å². The number of pyridine rings is 1. The molecule has 0 saturated heterocycles. The fourth-order valence-corrected chi connectivity index (χ4v) is 1.70. The molecule has 0 fully saturated rings. The molecule has 0 aliphatic rings. The van der Waals surface area contributed by atoms with Crippen LogP contribution in [0, 0.1) is 0 Å². The van der Waals surface area contributed by atoms with Gasteiger partial charge in [0, 0.05) is 25.8 Å². The predicted octanol–water partition coefficient (Wildman–Crippen LogP) is -0.889. The zero-order valence-corrected chi connectivity index (χ0v) is 10.9. The number of primary sulfonamides is 1. The first kappa shape index (κ1) is 14.8. The number of sulfonamides is 1. The summed E-state index contributed by atoms with van der Waals surface area (Å²) in [6.45, 7) is 3.52. The van der Waals surface area contributed by atoms with Crippen molar-refractivity contribution >= 4 is 15.8 Å².